The number of amides is 2. The first-order chi connectivity index (χ1) is 10.1. The van der Waals surface area contributed by atoms with Gasteiger partial charge in [-0.25, -0.2) is 0 Å². The first-order valence-electron chi connectivity index (χ1n) is 7.67. The van der Waals surface area contributed by atoms with Gasteiger partial charge in [0.1, 0.15) is 0 Å². The molecule has 1 aliphatic heterocycles. The molecule has 2 amide bonds. The molecule has 2 heterocycles. The zero-order valence-electron chi connectivity index (χ0n) is 12.8. The Bertz CT molecular complexity index is 463. The quantitative estimate of drug-likeness (QED) is 0.908. The molecular formula is C16H24N2O2S. The van der Waals surface area contributed by atoms with Gasteiger partial charge in [0.2, 0.25) is 11.8 Å². The van der Waals surface area contributed by atoms with Gasteiger partial charge in [0.25, 0.3) is 0 Å². The maximum Gasteiger partial charge on any atom is 0.225 e. The number of hydrogen-bond donors (Lipinski definition) is 1. The second-order valence-corrected chi connectivity index (χ2v) is 6.93. The van der Waals surface area contributed by atoms with Gasteiger partial charge < -0.3 is 10.2 Å². The van der Waals surface area contributed by atoms with Crippen molar-refractivity contribution in [1.82, 2.24) is 10.2 Å². The molecule has 1 N–H and O–H groups in total. The van der Waals surface area contributed by atoms with Gasteiger partial charge in [0, 0.05) is 36.3 Å². The highest BCUT2D eigenvalue weighted by Crippen LogP contribution is 2.14. The molecule has 0 spiro atoms. The van der Waals surface area contributed by atoms with Gasteiger partial charge in [0.15, 0.2) is 0 Å². The van der Waals surface area contributed by atoms with Crippen LogP contribution in [0.15, 0.2) is 17.5 Å². The molecule has 1 aliphatic rings. The maximum absolute atomic E-state index is 11.9. The van der Waals surface area contributed by atoms with Crippen LogP contribution in [0.25, 0.3) is 0 Å². The van der Waals surface area contributed by atoms with E-state index in [1.807, 2.05) is 30.2 Å². The van der Waals surface area contributed by atoms with Gasteiger partial charge in [-0.2, -0.15) is 0 Å². The lowest BCUT2D eigenvalue weighted by Crippen LogP contribution is -2.47. The van der Waals surface area contributed by atoms with Crippen molar-refractivity contribution < 1.29 is 9.59 Å². The molecule has 0 atom stereocenters. The number of nitrogens with one attached hydrogen (secondary N) is 1. The standard InChI is InChI=1S/C16H24N2O2S/c1-12(2)16(20)18-9-7-13(8-10-18)17-15(19)6-5-14-4-3-11-21-14/h3-4,11-13H,5-10H2,1-2H3,(H,17,19). The molecule has 116 valence electrons. The minimum absolute atomic E-state index is 0.0573. The highest BCUT2D eigenvalue weighted by Gasteiger charge is 2.24. The molecule has 0 bridgehead atoms. The van der Waals surface area contributed by atoms with Gasteiger partial charge >= 0.3 is 0 Å². The van der Waals surface area contributed by atoms with Crippen LogP contribution in [-0.2, 0) is 16.0 Å². The third kappa shape index (κ3) is 4.84. The molecule has 0 unspecified atom stereocenters. The van der Waals surface area contributed by atoms with Crippen LogP contribution in [0.3, 0.4) is 0 Å². The summed E-state index contributed by atoms with van der Waals surface area (Å²) in [6.45, 7) is 5.38. The summed E-state index contributed by atoms with van der Waals surface area (Å²) in [5.41, 5.74) is 0. The van der Waals surface area contributed by atoms with Gasteiger partial charge in [-0.15, -0.1) is 11.3 Å². The highest BCUT2D eigenvalue weighted by atomic mass is 32.1. The molecule has 1 aromatic rings. The van der Waals surface area contributed by atoms with Crippen LogP contribution >= 0.6 is 11.3 Å². The predicted octanol–water partition coefficient (Wildman–Crippen LogP) is 2.44. The van der Waals surface area contributed by atoms with Crippen molar-refractivity contribution in [3.8, 4) is 0 Å². The molecule has 0 aliphatic carbocycles. The van der Waals surface area contributed by atoms with Crippen LogP contribution in [0, 0.1) is 5.92 Å². The fraction of sp³-hybridized carbons (Fsp3) is 0.625. The first-order valence-corrected chi connectivity index (χ1v) is 8.54. The molecule has 1 aromatic heterocycles. The van der Waals surface area contributed by atoms with Crippen molar-refractivity contribution in [2.45, 2.75) is 45.6 Å². The van der Waals surface area contributed by atoms with Crippen LogP contribution in [0.5, 0.6) is 0 Å². The van der Waals surface area contributed by atoms with E-state index in [4.69, 9.17) is 0 Å². The van der Waals surface area contributed by atoms with Crippen LogP contribution in [0.2, 0.25) is 0 Å². The van der Waals surface area contributed by atoms with Gasteiger partial charge in [-0.3, -0.25) is 9.59 Å². The van der Waals surface area contributed by atoms with E-state index >= 15 is 0 Å². The number of piperidine rings is 1. The summed E-state index contributed by atoms with van der Waals surface area (Å²) in [4.78, 5) is 27.0. The van der Waals surface area contributed by atoms with E-state index < -0.39 is 0 Å². The van der Waals surface area contributed by atoms with E-state index in [0.717, 1.165) is 32.4 Å². The Morgan fingerprint density at radius 1 is 1.38 bits per heavy atom. The second-order valence-electron chi connectivity index (χ2n) is 5.90. The SMILES string of the molecule is CC(C)C(=O)N1CCC(NC(=O)CCc2cccs2)CC1. The topological polar surface area (TPSA) is 49.4 Å². The normalized spacial score (nSPS) is 16.2. The summed E-state index contributed by atoms with van der Waals surface area (Å²) in [6.07, 6.45) is 3.09. The number of rotatable bonds is 5. The van der Waals surface area contributed by atoms with Crippen molar-refractivity contribution >= 4 is 23.2 Å². The third-order valence-electron chi connectivity index (χ3n) is 3.84. The van der Waals surface area contributed by atoms with Gasteiger partial charge in [0.05, 0.1) is 0 Å². The molecule has 1 saturated heterocycles. The number of hydrogen-bond acceptors (Lipinski definition) is 3. The molecule has 5 heteroatoms. The van der Waals surface area contributed by atoms with E-state index in [0.29, 0.717) is 6.42 Å². The molecule has 1 fully saturated rings. The van der Waals surface area contributed by atoms with Crippen molar-refractivity contribution in [2.75, 3.05) is 13.1 Å². The van der Waals surface area contributed by atoms with Crippen molar-refractivity contribution in [3.63, 3.8) is 0 Å². The monoisotopic (exact) mass is 308 g/mol. The average molecular weight is 308 g/mol. The zero-order valence-corrected chi connectivity index (χ0v) is 13.6. The van der Waals surface area contributed by atoms with Crippen LogP contribution < -0.4 is 5.32 Å². The van der Waals surface area contributed by atoms with E-state index in [-0.39, 0.29) is 23.8 Å². The Labute approximate surface area is 130 Å². The number of thiophene rings is 1. The Hall–Kier alpha value is -1.36. The minimum atomic E-state index is 0.0573. The van der Waals surface area contributed by atoms with Crippen LogP contribution in [0.4, 0.5) is 0 Å². The fourth-order valence-electron chi connectivity index (χ4n) is 2.60. The van der Waals surface area contributed by atoms with Gasteiger partial charge in [-0.1, -0.05) is 19.9 Å². The Morgan fingerprint density at radius 3 is 2.67 bits per heavy atom. The molecule has 0 aromatic carbocycles. The summed E-state index contributed by atoms with van der Waals surface area (Å²) >= 11 is 1.69. The third-order valence-corrected chi connectivity index (χ3v) is 4.78. The number of likely N-dealkylation sites (tertiary alicyclic amines) is 1. The van der Waals surface area contributed by atoms with Gasteiger partial charge in [-0.05, 0) is 30.7 Å². The largest absolute Gasteiger partial charge is 0.353 e. The van der Waals surface area contributed by atoms with E-state index in [9.17, 15) is 9.59 Å². The Morgan fingerprint density at radius 2 is 2.10 bits per heavy atom. The average Bonchev–Trinajstić information content (AvgIpc) is 2.98. The summed E-state index contributed by atoms with van der Waals surface area (Å²) in [5, 5.41) is 5.13. The molecule has 0 saturated carbocycles. The maximum atomic E-state index is 11.9. The number of carbonyl (C=O) groups excluding carboxylic acids is 2. The molecular weight excluding hydrogens is 284 g/mol. The van der Waals surface area contributed by atoms with Crippen molar-refractivity contribution in [1.29, 1.82) is 0 Å². The van der Waals surface area contributed by atoms with Crippen molar-refractivity contribution in [3.05, 3.63) is 22.4 Å². The fourth-order valence-corrected chi connectivity index (χ4v) is 3.31. The summed E-state index contributed by atoms with van der Waals surface area (Å²) < 4.78 is 0. The number of nitrogens with zero attached hydrogens (tertiary/aromatic N) is 1. The van der Waals surface area contributed by atoms with Crippen molar-refractivity contribution in [2.24, 2.45) is 5.92 Å². The Balaban J connectivity index is 1.68. The van der Waals surface area contributed by atoms with Crippen LogP contribution in [0.1, 0.15) is 38.0 Å². The minimum Gasteiger partial charge on any atom is -0.353 e. The molecule has 2 rings (SSSR count). The second kappa shape index (κ2) is 7.59. The van der Waals surface area contributed by atoms with E-state index in [2.05, 4.69) is 11.4 Å². The molecule has 0 radical (unpaired) electrons. The first kappa shape index (κ1) is 16.0. The number of aryl methyl sites for hydroxylation is 1. The van der Waals surface area contributed by atoms with E-state index in [1.165, 1.54) is 4.88 Å². The molecule has 21 heavy (non-hydrogen) atoms. The summed E-state index contributed by atoms with van der Waals surface area (Å²) in [7, 11) is 0. The molecule has 4 nitrogen and oxygen atoms in total. The number of carbonyl (C=O) groups is 2. The lowest BCUT2D eigenvalue weighted by Gasteiger charge is -2.33. The smallest absolute Gasteiger partial charge is 0.225 e. The zero-order chi connectivity index (χ0) is 15.2. The lowest BCUT2D eigenvalue weighted by atomic mass is 10.0. The lowest BCUT2D eigenvalue weighted by molar-refractivity contribution is -0.135. The Kier molecular flexibility index (Phi) is 5.79. The van der Waals surface area contributed by atoms with Crippen LogP contribution in [-0.4, -0.2) is 35.8 Å². The summed E-state index contributed by atoms with van der Waals surface area (Å²) in [6, 6.07) is 4.30. The van der Waals surface area contributed by atoms with E-state index in [1.54, 1.807) is 11.3 Å². The predicted molar refractivity (Wildman–Crippen MR) is 85.2 cm³/mol. The summed E-state index contributed by atoms with van der Waals surface area (Å²) in [5.74, 6) is 0.399. The highest BCUT2D eigenvalue weighted by molar-refractivity contribution is 7.09.